The number of benzene rings is 1. The van der Waals surface area contributed by atoms with Gasteiger partial charge in [-0.05, 0) is 30.7 Å². The molecule has 3 nitrogen and oxygen atoms in total. The molecule has 1 amide bonds. The molecule has 0 aromatic heterocycles. The molecule has 0 heterocycles. The van der Waals surface area contributed by atoms with Gasteiger partial charge in [0.25, 0.3) is 0 Å². The largest absolute Gasteiger partial charge is 0.369 e. The summed E-state index contributed by atoms with van der Waals surface area (Å²) >= 11 is 3.33. The Morgan fingerprint density at radius 3 is 2.36 bits per heavy atom. The van der Waals surface area contributed by atoms with Crippen LogP contribution in [0.25, 0.3) is 0 Å². The van der Waals surface area contributed by atoms with E-state index in [1.807, 2.05) is 24.3 Å². The first kappa shape index (κ1) is 11.2. The normalized spacial score (nSPS) is 12.4. The van der Waals surface area contributed by atoms with Crippen molar-refractivity contribution in [3.8, 4) is 0 Å². The minimum Gasteiger partial charge on any atom is -0.369 e. The summed E-state index contributed by atoms with van der Waals surface area (Å²) in [5, 5.41) is 0. The van der Waals surface area contributed by atoms with Crippen LogP contribution in [0.4, 0.5) is 0 Å². The van der Waals surface area contributed by atoms with E-state index < -0.39 is 0 Å². The molecule has 0 aliphatic heterocycles. The second-order valence-corrected chi connectivity index (χ2v) is 4.00. The maximum absolute atomic E-state index is 11.1. The third kappa shape index (κ3) is 2.82. The van der Waals surface area contributed by atoms with Crippen LogP contribution in [0.1, 0.15) is 17.9 Å². The van der Waals surface area contributed by atoms with Crippen molar-refractivity contribution < 1.29 is 4.79 Å². The highest BCUT2D eigenvalue weighted by Gasteiger charge is 2.16. The third-order valence-corrected chi connectivity index (χ3v) is 2.60. The highest BCUT2D eigenvalue weighted by Crippen LogP contribution is 2.20. The van der Waals surface area contributed by atoms with Gasteiger partial charge in [0, 0.05) is 4.47 Å². The number of carbonyl (C=O) groups excluding carboxylic acids is 1. The topological polar surface area (TPSA) is 69.1 Å². The van der Waals surface area contributed by atoms with Crippen LogP contribution in [-0.4, -0.2) is 12.5 Å². The number of halogens is 1. The van der Waals surface area contributed by atoms with E-state index in [2.05, 4.69) is 15.9 Å². The van der Waals surface area contributed by atoms with Crippen LogP contribution in [-0.2, 0) is 4.79 Å². The molecule has 14 heavy (non-hydrogen) atoms. The number of primary amides is 1. The molecule has 4 N–H and O–H groups in total. The Morgan fingerprint density at radius 2 is 1.93 bits per heavy atom. The summed E-state index contributed by atoms with van der Waals surface area (Å²) in [6, 6.07) is 7.55. The molecule has 1 atom stereocenters. The Morgan fingerprint density at radius 1 is 1.36 bits per heavy atom. The quantitative estimate of drug-likeness (QED) is 0.855. The van der Waals surface area contributed by atoms with E-state index >= 15 is 0 Å². The minimum atomic E-state index is -0.322. The Hall–Kier alpha value is -0.870. The summed E-state index contributed by atoms with van der Waals surface area (Å²) < 4.78 is 0.984. The number of nitrogens with two attached hydrogens (primary N) is 2. The predicted octanol–water partition coefficient (Wildman–Crippen LogP) is 1.37. The van der Waals surface area contributed by atoms with Crippen molar-refractivity contribution in [3.63, 3.8) is 0 Å². The van der Waals surface area contributed by atoms with Gasteiger partial charge >= 0.3 is 0 Å². The monoisotopic (exact) mass is 256 g/mol. The lowest BCUT2D eigenvalue weighted by atomic mass is 9.95. The van der Waals surface area contributed by atoms with Gasteiger partial charge in [-0.3, -0.25) is 4.79 Å². The Labute approximate surface area is 91.6 Å². The van der Waals surface area contributed by atoms with Crippen LogP contribution >= 0.6 is 15.9 Å². The molecule has 1 unspecified atom stereocenters. The van der Waals surface area contributed by atoms with Gasteiger partial charge < -0.3 is 11.5 Å². The molecule has 76 valence electrons. The summed E-state index contributed by atoms with van der Waals surface area (Å²) in [6.45, 7) is 0.462. The number of hydrogen-bond donors (Lipinski definition) is 2. The fraction of sp³-hybridized carbons (Fsp3) is 0.300. The highest BCUT2D eigenvalue weighted by molar-refractivity contribution is 9.10. The lowest BCUT2D eigenvalue weighted by molar-refractivity contribution is -0.119. The molecule has 1 rings (SSSR count). The lowest BCUT2D eigenvalue weighted by Crippen LogP contribution is -2.23. The SMILES string of the molecule is NCCC(C(N)=O)c1ccc(Br)cc1. The first-order valence-electron chi connectivity index (χ1n) is 4.40. The van der Waals surface area contributed by atoms with Gasteiger partial charge in [0.1, 0.15) is 0 Å². The molecule has 1 aromatic carbocycles. The van der Waals surface area contributed by atoms with Crippen LogP contribution in [0.2, 0.25) is 0 Å². The second kappa shape index (κ2) is 5.12. The van der Waals surface area contributed by atoms with E-state index in [1.165, 1.54) is 0 Å². The summed E-state index contributed by atoms with van der Waals surface area (Å²) in [7, 11) is 0. The zero-order chi connectivity index (χ0) is 10.6. The van der Waals surface area contributed by atoms with E-state index in [-0.39, 0.29) is 11.8 Å². The fourth-order valence-electron chi connectivity index (χ4n) is 1.33. The molecular weight excluding hydrogens is 244 g/mol. The summed E-state index contributed by atoms with van der Waals surface area (Å²) in [4.78, 5) is 11.1. The van der Waals surface area contributed by atoms with Crippen molar-refractivity contribution >= 4 is 21.8 Å². The van der Waals surface area contributed by atoms with Gasteiger partial charge in [-0.1, -0.05) is 28.1 Å². The average Bonchev–Trinajstić information content (AvgIpc) is 2.15. The number of rotatable bonds is 4. The van der Waals surface area contributed by atoms with E-state index in [4.69, 9.17) is 11.5 Å². The van der Waals surface area contributed by atoms with Gasteiger partial charge in [-0.2, -0.15) is 0 Å². The molecular formula is C10H13BrN2O. The summed E-state index contributed by atoms with van der Waals surface area (Å²) in [5.41, 5.74) is 11.6. The van der Waals surface area contributed by atoms with Crippen molar-refractivity contribution in [3.05, 3.63) is 34.3 Å². The molecule has 1 aromatic rings. The molecule has 0 spiro atoms. The molecule has 0 saturated carbocycles. The summed E-state index contributed by atoms with van der Waals surface area (Å²) in [5.74, 6) is -0.592. The van der Waals surface area contributed by atoms with Gasteiger partial charge in [0.15, 0.2) is 0 Å². The molecule has 0 radical (unpaired) electrons. The van der Waals surface area contributed by atoms with Crippen LogP contribution < -0.4 is 11.5 Å². The number of hydrogen-bond acceptors (Lipinski definition) is 2. The molecule has 0 aliphatic carbocycles. The third-order valence-electron chi connectivity index (χ3n) is 2.07. The van der Waals surface area contributed by atoms with Crippen molar-refractivity contribution in [2.45, 2.75) is 12.3 Å². The van der Waals surface area contributed by atoms with Crippen molar-refractivity contribution in [2.75, 3.05) is 6.54 Å². The van der Waals surface area contributed by atoms with Crippen LogP contribution in [0.5, 0.6) is 0 Å². The molecule has 0 aliphatic rings. The fourth-order valence-corrected chi connectivity index (χ4v) is 1.60. The van der Waals surface area contributed by atoms with E-state index in [0.29, 0.717) is 13.0 Å². The molecule has 0 saturated heterocycles. The van der Waals surface area contributed by atoms with E-state index in [9.17, 15) is 4.79 Å². The molecule has 0 fully saturated rings. The first-order valence-corrected chi connectivity index (χ1v) is 5.19. The Balaban J connectivity index is 2.87. The Bertz CT molecular complexity index is 310. The zero-order valence-corrected chi connectivity index (χ0v) is 9.33. The van der Waals surface area contributed by atoms with Crippen molar-refractivity contribution in [2.24, 2.45) is 11.5 Å². The predicted molar refractivity (Wildman–Crippen MR) is 59.7 cm³/mol. The summed E-state index contributed by atoms with van der Waals surface area (Å²) in [6.07, 6.45) is 0.594. The number of amides is 1. The standard InChI is InChI=1S/C10H13BrN2O/c11-8-3-1-7(2-4-8)9(5-6-12)10(13)14/h1-4,9H,5-6,12H2,(H2,13,14). The maximum Gasteiger partial charge on any atom is 0.225 e. The zero-order valence-electron chi connectivity index (χ0n) is 7.74. The first-order chi connectivity index (χ1) is 6.65. The van der Waals surface area contributed by atoms with Gasteiger partial charge in [0.05, 0.1) is 5.92 Å². The second-order valence-electron chi connectivity index (χ2n) is 3.08. The highest BCUT2D eigenvalue weighted by atomic mass is 79.9. The average molecular weight is 257 g/mol. The minimum absolute atomic E-state index is 0.270. The Kier molecular flexibility index (Phi) is 4.10. The van der Waals surface area contributed by atoms with Crippen LogP contribution in [0.3, 0.4) is 0 Å². The molecule has 0 bridgehead atoms. The van der Waals surface area contributed by atoms with Crippen molar-refractivity contribution in [1.29, 1.82) is 0 Å². The van der Waals surface area contributed by atoms with Crippen molar-refractivity contribution in [1.82, 2.24) is 0 Å². The lowest BCUT2D eigenvalue weighted by Gasteiger charge is -2.12. The van der Waals surface area contributed by atoms with E-state index in [1.54, 1.807) is 0 Å². The number of carbonyl (C=O) groups is 1. The van der Waals surface area contributed by atoms with Gasteiger partial charge in [0.2, 0.25) is 5.91 Å². The van der Waals surface area contributed by atoms with Gasteiger partial charge in [-0.25, -0.2) is 0 Å². The maximum atomic E-state index is 11.1. The van der Waals surface area contributed by atoms with Crippen LogP contribution in [0.15, 0.2) is 28.7 Å². The molecule has 4 heteroatoms. The van der Waals surface area contributed by atoms with Gasteiger partial charge in [-0.15, -0.1) is 0 Å². The smallest absolute Gasteiger partial charge is 0.225 e. The van der Waals surface area contributed by atoms with Crippen LogP contribution in [0, 0.1) is 0 Å². The van der Waals surface area contributed by atoms with E-state index in [0.717, 1.165) is 10.0 Å².